The highest BCUT2D eigenvalue weighted by molar-refractivity contribution is 5.79. The number of esters is 1. The maximum absolute atomic E-state index is 11.5. The van der Waals surface area contributed by atoms with E-state index in [9.17, 15) is 4.79 Å². The number of hydrogen-bond acceptors (Lipinski definition) is 4. The minimum Gasteiger partial charge on any atom is -0.464 e. The summed E-state index contributed by atoms with van der Waals surface area (Å²) in [7, 11) is 0. The molecule has 2 fully saturated rings. The van der Waals surface area contributed by atoms with Gasteiger partial charge in [0.2, 0.25) is 0 Å². The molecule has 4 nitrogen and oxygen atoms in total. The van der Waals surface area contributed by atoms with Gasteiger partial charge in [-0.2, -0.15) is 0 Å². The second-order valence-electron chi connectivity index (χ2n) is 4.17. The van der Waals surface area contributed by atoms with Gasteiger partial charge in [0.25, 0.3) is 0 Å². The molecule has 0 radical (unpaired) electrons. The Hall–Kier alpha value is -0.610. The molecule has 0 aromatic heterocycles. The fourth-order valence-electron chi connectivity index (χ4n) is 2.23. The minimum absolute atomic E-state index is 0.214. The van der Waals surface area contributed by atoms with E-state index in [1.54, 1.807) is 0 Å². The van der Waals surface area contributed by atoms with E-state index in [1.807, 2.05) is 6.92 Å². The third kappa shape index (κ3) is 2.01. The van der Waals surface area contributed by atoms with Gasteiger partial charge in [0.15, 0.2) is 6.10 Å². The molecular weight excluding hydrogens is 196 g/mol. The van der Waals surface area contributed by atoms with Crippen LogP contribution in [0.4, 0.5) is 0 Å². The SMILES string of the molecule is CCOC(=O)C1OC12CCOC(CC)C2. The van der Waals surface area contributed by atoms with Crippen molar-refractivity contribution in [3.63, 3.8) is 0 Å². The number of carbonyl (C=O) groups is 1. The molecule has 0 N–H and O–H groups in total. The van der Waals surface area contributed by atoms with Gasteiger partial charge in [-0.1, -0.05) is 6.92 Å². The molecule has 4 heteroatoms. The Morgan fingerprint density at radius 2 is 2.33 bits per heavy atom. The van der Waals surface area contributed by atoms with Crippen molar-refractivity contribution < 1.29 is 19.0 Å². The summed E-state index contributed by atoms with van der Waals surface area (Å²) < 4.78 is 16.1. The number of carbonyl (C=O) groups excluding carboxylic acids is 1. The maximum Gasteiger partial charge on any atom is 0.338 e. The monoisotopic (exact) mass is 214 g/mol. The Labute approximate surface area is 89.9 Å². The number of ether oxygens (including phenoxy) is 3. The van der Waals surface area contributed by atoms with Crippen molar-refractivity contribution >= 4 is 5.97 Å². The summed E-state index contributed by atoms with van der Waals surface area (Å²) >= 11 is 0. The van der Waals surface area contributed by atoms with Gasteiger partial charge in [-0.3, -0.25) is 0 Å². The lowest BCUT2D eigenvalue weighted by atomic mass is 9.91. The van der Waals surface area contributed by atoms with Gasteiger partial charge < -0.3 is 14.2 Å². The predicted molar refractivity (Wildman–Crippen MR) is 53.5 cm³/mol. The van der Waals surface area contributed by atoms with Crippen LogP contribution >= 0.6 is 0 Å². The third-order valence-corrected chi connectivity index (χ3v) is 3.18. The Morgan fingerprint density at radius 3 is 3.00 bits per heavy atom. The number of epoxide rings is 1. The van der Waals surface area contributed by atoms with E-state index in [1.165, 1.54) is 0 Å². The molecule has 3 atom stereocenters. The van der Waals surface area contributed by atoms with Crippen LogP contribution in [0.1, 0.15) is 33.1 Å². The normalized spacial score (nSPS) is 39.1. The zero-order chi connectivity index (χ0) is 10.9. The maximum atomic E-state index is 11.5. The quantitative estimate of drug-likeness (QED) is 0.524. The standard InChI is InChI=1S/C11H18O4/c1-3-8-7-11(5-6-14-8)9(15-11)10(12)13-4-2/h8-9H,3-7H2,1-2H3. The smallest absolute Gasteiger partial charge is 0.338 e. The highest BCUT2D eigenvalue weighted by Crippen LogP contribution is 2.47. The molecule has 2 aliphatic heterocycles. The van der Waals surface area contributed by atoms with Crippen molar-refractivity contribution in [3.05, 3.63) is 0 Å². The second-order valence-corrected chi connectivity index (χ2v) is 4.17. The molecule has 0 aromatic rings. The van der Waals surface area contributed by atoms with E-state index >= 15 is 0 Å². The van der Waals surface area contributed by atoms with Crippen molar-refractivity contribution in [2.24, 2.45) is 0 Å². The lowest BCUT2D eigenvalue weighted by Gasteiger charge is -2.26. The summed E-state index contributed by atoms with van der Waals surface area (Å²) in [6.45, 7) is 5.01. The van der Waals surface area contributed by atoms with Crippen LogP contribution in [0, 0.1) is 0 Å². The molecule has 2 aliphatic rings. The highest BCUT2D eigenvalue weighted by Gasteiger charge is 2.62. The van der Waals surface area contributed by atoms with Gasteiger partial charge in [0.05, 0.1) is 12.7 Å². The summed E-state index contributed by atoms with van der Waals surface area (Å²) in [6, 6.07) is 0. The zero-order valence-electron chi connectivity index (χ0n) is 9.32. The average Bonchev–Trinajstić information content (AvgIpc) is 2.92. The molecule has 1 spiro atoms. The molecule has 86 valence electrons. The lowest BCUT2D eigenvalue weighted by Crippen LogP contribution is -2.35. The van der Waals surface area contributed by atoms with Crippen molar-refractivity contribution in [1.29, 1.82) is 0 Å². The van der Waals surface area contributed by atoms with E-state index < -0.39 is 0 Å². The number of hydrogen-bond donors (Lipinski definition) is 0. The Bertz CT molecular complexity index is 253. The topological polar surface area (TPSA) is 48.1 Å². The minimum atomic E-state index is -0.338. The lowest BCUT2D eigenvalue weighted by molar-refractivity contribution is -0.144. The first-order chi connectivity index (χ1) is 7.22. The van der Waals surface area contributed by atoms with E-state index in [4.69, 9.17) is 14.2 Å². The summed E-state index contributed by atoms with van der Waals surface area (Å²) in [5.74, 6) is -0.214. The molecule has 0 aromatic carbocycles. The molecule has 2 saturated heterocycles. The molecular formula is C11H18O4. The molecule has 15 heavy (non-hydrogen) atoms. The van der Waals surface area contributed by atoms with Gasteiger partial charge in [-0.15, -0.1) is 0 Å². The molecule has 2 heterocycles. The highest BCUT2D eigenvalue weighted by atomic mass is 16.7. The molecule has 0 aliphatic carbocycles. The Morgan fingerprint density at radius 1 is 1.53 bits per heavy atom. The van der Waals surface area contributed by atoms with Crippen LogP contribution in [0.25, 0.3) is 0 Å². The molecule has 3 unspecified atom stereocenters. The summed E-state index contributed by atoms with van der Waals surface area (Å²) in [5.41, 5.74) is -0.259. The van der Waals surface area contributed by atoms with Crippen LogP contribution in [0.2, 0.25) is 0 Å². The summed E-state index contributed by atoms with van der Waals surface area (Å²) in [5, 5.41) is 0. The van der Waals surface area contributed by atoms with Crippen molar-refractivity contribution in [1.82, 2.24) is 0 Å². The van der Waals surface area contributed by atoms with E-state index in [0.29, 0.717) is 13.2 Å². The zero-order valence-corrected chi connectivity index (χ0v) is 9.32. The Kier molecular flexibility index (Phi) is 2.98. The van der Waals surface area contributed by atoms with E-state index in [2.05, 4.69) is 6.92 Å². The van der Waals surface area contributed by atoms with E-state index in [0.717, 1.165) is 19.3 Å². The summed E-state index contributed by atoms with van der Waals surface area (Å²) in [6.07, 6.45) is 2.51. The molecule has 2 rings (SSSR count). The Balaban J connectivity index is 1.91. The van der Waals surface area contributed by atoms with Gasteiger partial charge in [-0.05, 0) is 13.3 Å². The van der Waals surface area contributed by atoms with Crippen LogP contribution in [-0.4, -0.2) is 37.0 Å². The van der Waals surface area contributed by atoms with Crippen LogP contribution in [0.5, 0.6) is 0 Å². The first-order valence-corrected chi connectivity index (χ1v) is 5.68. The van der Waals surface area contributed by atoms with Gasteiger partial charge in [0.1, 0.15) is 5.60 Å². The predicted octanol–water partition coefficient (Wildman–Crippen LogP) is 1.28. The average molecular weight is 214 g/mol. The first-order valence-electron chi connectivity index (χ1n) is 5.68. The largest absolute Gasteiger partial charge is 0.464 e. The number of rotatable bonds is 3. The van der Waals surface area contributed by atoms with Crippen molar-refractivity contribution in [2.45, 2.75) is 50.9 Å². The van der Waals surface area contributed by atoms with Crippen molar-refractivity contribution in [3.8, 4) is 0 Å². The van der Waals surface area contributed by atoms with Crippen LogP contribution in [0.15, 0.2) is 0 Å². The van der Waals surface area contributed by atoms with Crippen LogP contribution < -0.4 is 0 Å². The van der Waals surface area contributed by atoms with Gasteiger partial charge in [0, 0.05) is 19.4 Å². The molecule has 0 saturated carbocycles. The van der Waals surface area contributed by atoms with Crippen LogP contribution in [0.3, 0.4) is 0 Å². The van der Waals surface area contributed by atoms with E-state index in [-0.39, 0.29) is 23.8 Å². The first kappa shape index (κ1) is 10.9. The second kappa shape index (κ2) is 4.10. The molecule has 0 bridgehead atoms. The third-order valence-electron chi connectivity index (χ3n) is 3.18. The van der Waals surface area contributed by atoms with Crippen LogP contribution in [-0.2, 0) is 19.0 Å². The van der Waals surface area contributed by atoms with Crippen molar-refractivity contribution in [2.75, 3.05) is 13.2 Å². The van der Waals surface area contributed by atoms with Gasteiger partial charge >= 0.3 is 5.97 Å². The fourth-order valence-corrected chi connectivity index (χ4v) is 2.23. The molecule has 0 amide bonds. The van der Waals surface area contributed by atoms with Gasteiger partial charge in [-0.25, -0.2) is 4.79 Å². The summed E-state index contributed by atoms with van der Waals surface area (Å²) in [4.78, 5) is 11.5. The fraction of sp³-hybridized carbons (Fsp3) is 0.909.